The van der Waals surface area contributed by atoms with E-state index in [4.69, 9.17) is 13.7 Å². The molecule has 2 aromatic heterocycles. The molecular formula is C26H18N2O5. The lowest BCUT2D eigenvalue weighted by Gasteiger charge is -2.04. The maximum atomic E-state index is 13.2. The maximum absolute atomic E-state index is 13.2. The number of furan rings is 1. The van der Waals surface area contributed by atoms with Crippen molar-refractivity contribution in [3.63, 3.8) is 0 Å². The van der Waals surface area contributed by atoms with Crippen LogP contribution in [0.25, 0.3) is 22.3 Å². The van der Waals surface area contributed by atoms with E-state index in [0.717, 1.165) is 5.56 Å². The van der Waals surface area contributed by atoms with Gasteiger partial charge in [-0.1, -0.05) is 53.7 Å². The molecule has 0 radical (unpaired) electrons. The molecular weight excluding hydrogens is 420 g/mol. The number of aromatic nitrogens is 1. The zero-order chi connectivity index (χ0) is 22.8. The molecule has 162 valence electrons. The van der Waals surface area contributed by atoms with Gasteiger partial charge in [0.15, 0.2) is 17.2 Å². The normalized spacial score (nSPS) is 10.8. The van der Waals surface area contributed by atoms with E-state index in [1.54, 1.807) is 73.8 Å². The number of carbonyl (C=O) groups excluding carboxylic acids is 2. The van der Waals surface area contributed by atoms with Crippen LogP contribution in [0.4, 0.5) is 5.88 Å². The van der Waals surface area contributed by atoms with Gasteiger partial charge >= 0.3 is 0 Å². The predicted octanol–water partition coefficient (Wildman–Crippen LogP) is 5.58. The van der Waals surface area contributed by atoms with Crippen molar-refractivity contribution < 1.29 is 23.3 Å². The van der Waals surface area contributed by atoms with Gasteiger partial charge in [-0.25, -0.2) is 0 Å². The van der Waals surface area contributed by atoms with Crippen LogP contribution in [-0.4, -0.2) is 24.0 Å². The van der Waals surface area contributed by atoms with Gasteiger partial charge in [-0.05, 0) is 30.3 Å². The van der Waals surface area contributed by atoms with Crippen LogP contribution in [0.1, 0.15) is 26.4 Å². The monoisotopic (exact) mass is 438 g/mol. The lowest BCUT2D eigenvalue weighted by Crippen LogP contribution is -2.14. The molecule has 1 N–H and O–H groups in total. The van der Waals surface area contributed by atoms with Gasteiger partial charge in [0.25, 0.3) is 5.91 Å². The number of para-hydroxylation sites is 1. The fraction of sp³-hybridized carbons (Fsp3) is 0.0385. The number of ketones is 1. The van der Waals surface area contributed by atoms with E-state index < -0.39 is 5.91 Å². The Morgan fingerprint density at radius 3 is 2.39 bits per heavy atom. The number of hydrogen-bond acceptors (Lipinski definition) is 6. The van der Waals surface area contributed by atoms with E-state index in [-0.39, 0.29) is 22.9 Å². The Hall–Kier alpha value is -4.65. The Bertz CT molecular complexity index is 1450. The molecule has 5 aromatic rings. The van der Waals surface area contributed by atoms with Crippen LogP contribution in [0.15, 0.2) is 93.9 Å². The second-order valence-corrected chi connectivity index (χ2v) is 7.26. The van der Waals surface area contributed by atoms with Gasteiger partial charge in [0.1, 0.15) is 11.3 Å². The molecule has 7 nitrogen and oxygen atoms in total. The molecule has 1 amide bonds. The Balaban J connectivity index is 1.46. The minimum absolute atomic E-state index is 0.0550. The highest BCUT2D eigenvalue weighted by molar-refractivity contribution is 6.21. The number of methoxy groups -OCH3 is 1. The smallest absolute Gasteiger partial charge is 0.280 e. The van der Waals surface area contributed by atoms with Crippen molar-refractivity contribution in [2.24, 2.45) is 0 Å². The van der Waals surface area contributed by atoms with Crippen LogP contribution < -0.4 is 10.1 Å². The number of hydrogen-bond donors (Lipinski definition) is 1. The van der Waals surface area contributed by atoms with Crippen LogP contribution in [0.5, 0.6) is 5.75 Å². The third kappa shape index (κ3) is 3.87. The summed E-state index contributed by atoms with van der Waals surface area (Å²) in [6.45, 7) is 0. The average molecular weight is 438 g/mol. The summed E-state index contributed by atoms with van der Waals surface area (Å²) >= 11 is 0. The Morgan fingerprint density at radius 2 is 1.64 bits per heavy atom. The summed E-state index contributed by atoms with van der Waals surface area (Å²) in [6, 6.07) is 24.7. The quantitative estimate of drug-likeness (QED) is 0.348. The minimum atomic E-state index is -0.556. The number of ether oxygens (including phenoxy) is 1. The van der Waals surface area contributed by atoms with Crippen molar-refractivity contribution >= 4 is 28.5 Å². The topological polar surface area (TPSA) is 94.6 Å². The summed E-state index contributed by atoms with van der Waals surface area (Å²) in [5.74, 6) is 0.378. The molecule has 3 aromatic carbocycles. The summed E-state index contributed by atoms with van der Waals surface area (Å²) in [5, 5.41) is 7.17. The van der Waals surface area contributed by atoms with Crippen molar-refractivity contribution in [3.05, 3.63) is 102 Å². The van der Waals surface area contributed by atoms with Crippen LogP contribution in [-0.2, 0) is 0 Å². The van der Waals surface area contributed by atoms with Crippen LogP contribution >= 0.6 is 0 Å². The fourth-order valence-electron chi connectivity index (χ4n) is 3.53. The zero-order valence-electron chi connectivity index (χ0n) is 17.6. The highest BCUT2D eigenvalue weighted by Gasteiger charge is 2.25. The highest BCUT2D eigenvalue weighted by Crippen LogP contribution is 2.32. The molecule has 0 bridgehead atoms. The summed E-state index contributed by atoms with van der Waals surface area (Å²) in [4.78, 5) is 26.2. The number of carbonyl (C=O) groups is 2. The Morgan fingerprint density at radius 1 is 0.909 bits per heavy atom. The lowest BCUT2D eigenvalue weighted by atomic mass is 10.0. The number of fused-ring (bicyclic) bond motifs is 1. The number of nitrogens with one attached hydrogen (secondary N) is 1. The first-order chi connectivity index (χ1) is 16.1. The molecule has 0 saturated carbocycles. The molecule has 7 heteroatoms. The van der Waals surface area contributed by atoms with Crippen molar-refractivity contribution in [3.8, 4) is 17.1 Å². The van der Waals surface area contributed by atoms with Gasteiger partial charge < -0.3 is 13.7 Å². The van der Waals surface area contributed by atoms with E-state index in [1.807, 2.05) is 12.1 Å². The second kappa shape index (κ2) is 8.47. The predicted molar refractivity (Wildman–Crippen MR) is 123 cm³/mol. The molecule has 0 fully saturated rings. The molecule has 0 unspecified atom stereocenters. The van der Waals surface area contributed by atoms with E-state index in [2.05, 4.69) is 10.5 Å². The summed E-state index contributed by atoms with van der Waals surface area (Å²) in [7, 11) is 1.58. The molecule has 2 heterocycles. The summed E-state index contributed by atoms with van der Waals surface area (Å²) < 4.78 is 16.3. The summed E-state index contributed by atoms with van der Waals surface area (Å²) in [5.41, 5.74) is 2.06. The van der Waals surface area contributed by atoms with Crippen LogP contribution in [0.3, 0.4) is 0 Å². The fourth-order valence-corrected chi connectivity index (χ4v) is 3.53. The first-order valence-corrected chi connectivity index (χ1v) is 10.2. The van der Waals surface area contributed by atoms with E-state index in [9.17, 15) is 9.59 Å². The number of anilines is 1. The molecule has 0 spiro atoms. The van der Waals surface area contributed by atoms with Crippen molar-refractivity contribution in [1.82, 2.24) is 5.16 Å². The third-order valence-corrected chi connectivity index (χ3v) is 5.20. The number of nitrogens with zero attached hydrogens (tertiary/aromatic N) is 1. The van der Waals surface area contributed by atoms with E-state index in [1.165, 1.54) is 6.07 Å². The Labute approximate surface area is 188 Å². The van der Waals surface area contributed by atoms with Crippen LogP contribution in [0.2, 0.25) is 0 Å². The minimum Gasteiger partial charge on any atom is -0.497 e. The molecule has 33 heavy (non-hydrogen) atoms. The third-order valence-electron chi connectivity index (χ3n) is 5.20. The highest BCUT2D eigenvalue weighted by atomic mass is 16.5. The second-order valence-electron chi connectivity index (χ2n) is 7.26. The number of amides is 1. The molecule has 0 aliphatic carbocycles. The average Bonchev–Trinajstić information content (AvgIpc) is 3.49. The molecule has 0 aliphatic rings. The van der Waals surface area contributed by atoms with Gasteiger partial charge in [-0.15, -0.1) is 0 Å². The molecule has 0 atom stereocenters. The SMILES string of the molecule is COc1ccc(-c2cc(C(=O)Nc3oc4ccccc4c3C(=O)c3ccccc3)no2)cc1. The standard InChI is InChI=1S/C26H18N2O5/c1-31-18-13-11-16(12-14-18)22-15-20(28-33-22)25(30)27-26-23(19-9-5-6-10-21(19)32-26)24(29)17-7-3-2-4-8-17/h2-15H,1H3,(H,27,30). The lowest BCUT2D eigenvalue weighted by molar-refractivity contribution is 0.101. The zero-order valence-corrected chi connectivity index (χ0v) is 17.6. The molecule has 0 saturated heterocycles. The van der Waals surface area contributed by atoms with Gasteiger partial charge in [0, 0.05) is 22.6 Å². The maximum Gasteiger partial charge on any atom is 0.280 e. The number of benzene rings is 3. The van der Waals surface area contributed by atoms with Crippen LogP contribution in [0, 0.1) is 0 Å². The first kappa shape index (κ1) is 20.3. The first-order valence-electron chi connectivity index (χ1n) is 10.2. The van der Waals surface area contributed by atoms with Gasteiger partial charge in [0.05, 0.1) is 12.7 Å². The van der Waals surface area contributed by atoms with Crippen molar-refractivity contribution in [2.75, 3.05) is 12.4 Å². The van der Waals surface area contributed by atoms with Gasteiger partial charge in [-0.3, -0.25) is 14.9 Å². The summed E-state index contributed by atoms with van der Waals surface area (Å²) in [6.07, 6.45) is 0. The van der Waals surface area contributed by atoms with E-state index >= 15 is 0 Å². The van der Waals surface area contributed by atoms with E-state index in [0.29, 0.717) is 28.0 Å². The van der Waals surface area contributed by atoms with Crippen molar-refractivity contribution in [2.45, 2.75) is 0 Å². The largest absolute Gasteiger partial charge is 0.497 e. The van der Waals surface area contributed by atoms with Gasteiger partial charge in [-0.2, -0.15) is 0 Å². The molecule has 0 aliphatic heterocycles. The molecule has 5 rings (SSSR count). The Kier molecular flexibility index (Phi) is 5.20. The number of rotatable bonds is 6. The van der Waals surface area contributed by atoms with Crippen molar-refractivity contribution in [1.29, 1.82) is 0 Å². The van der Waals surface area contributed by atoms with Gasteiger partial charge in [0.2, 0.25) is 5.88 Å².